The monoisotopic (exact) mass is 394 g/mol. The first kappa shape index (κ1) is 22.2. The van der Waals surface area contributed by atoms with Crippen molar-refractivity contribution in [2.24, 2.45) is 0 Å². The van der Waals surface area contributed by atoms with Gasteiger partial charge < -0.3 is 34.6 Å². The minimum Gasteiger partial charge on any atom is -0.458 e. The van der Waals surface area contributed by atoms with Gasteiger partial charge in [-0.2, -0.15) is 0 Å². The summed E-state index contributed by atoms with van der Waals surface area (Å²) in [6, 6.07) is 9.33. The van der Waals surface area contributed by atoms with Crippen LogP contribution in [0.2, 0.25) is 0 Å². The molecule has 154 valence electrons. The van der Waals surface area contributed by atoms with Gasteiger partial charge >= 0.3 is 5.97 Å². The number of esters is 1. The minimum atomic E-state index is -1.49. The molecule has 1 aliphatic rings. The third-order valence-electron chi connectivity index (χ3n) is 4.22. The lowest BCUT2D eigenvalue weighted by atomic mass is 9.99. The molecule has 1 saturated heterocycles. The first-order valence-electron chi connectivity index (χ1n) is 8.91. The predicted molar refractivity (Wildman–Crippen MR) is 99.9 cm³/mol. The Kier molecular flexibility index (Phi) is 8.78. The van der Waals surface area contributed by atoms with Crippen LogP contribution in [-0.4, -0.2) is 76.9 Å². The molecule has 1 aromatic carbocycles. The highest BCUT2D eigenvalue weighted by atomic mass is 16.7. The Balaban J connectivity index is 1.68. The molecule has 4 N–H and O–H groups in total. The van der Waals surface area contributed by atoms with Gasteiger partial charge in [0.2, 0.25) is 0 Å². The van der Waals surface area contributed by atoms with Gasteiger partial charge in [-0.1, -0.05) is 36.9 Å². The van der Waals surface area contributed by atoms with Gasteiger partial charge in [0.1, 0.15) is 31.0 Å². The molecule has 0 aromatic heterocycles. The Labute approximate surface area is 163 Å². The first-order valence-corrected chi connectivity index (χ1v) is 8.91. The summed E-state index contributed by atoms with van der Waals surface area (Å²) in [5.41, 5.74) is 1.47. The fourth-order valence-corrected chi connectivity index (χ4v) is 2.55. The predicted octanol–water partition coefficient (Wildman–Crippen LogP) is 0.00580. The van der Waals surface area contributed by atoms with E-state index in [1.54, 1.807) is 6.08 Å². The number of aliphatic hydroxyl groups is 4. The summed E-state index contributed by atoms with van der Waals surface area (Å²) in [5, 5.41) is 38.4. The van der Waals surface area contributed by atoms with Gasteiger partial charge in [-0.05, 0) is 23.6 Å². The summed E-state index contributed by atoms with van der Waals surface area (Å²) in [7, 11) is 0. The summed E-state index contributed by atoms with van der Waals surface area (Å²) in [6.07, 6.45) is -3.30. The van der Waals surface area contributed by atoms with Crippen LogP contribution in [0.4, 0.5) is 0 Å². The second kappa shape index (κ2) is 11.1. The molecular formula is C20H26O8. The fraction of sp³-hybridized carbons (Fsp3) is 0.450. The summed E-state index contributed by atoms with van der Waals surface area (Å²) >= 11 is 0. The summed E-state index contributed by atoms with van der Waals surface area (Å²) in [4.78, 5) is 11.7. The summed E-state index contributed by atoms with van der Waals surface area (Å²) in [6.45, 7) is 3.36. The van der Waals surface area contributed by atoms with Crippen LogP contribution in [0, 0.1) is 0 Å². The van der Waals surface area contributed by atoms with Crippen LogP contribution in [-0.2, 0) is 19.0 Å². The van der Waals surface area contributed by atoms with Crippen molar-refractivity contribution < 1.29 is 39.4 Å². The maximum absolute atomic E-state index is 11.7. The Hall–Kier alpha value is -2.07. The lowest BCUT2D eigenvalue weighted by Crippen LogP contribution is -2.59. The molecule has 0 radical (unpaired) electrons. The molecule has 0 aliphatic carbocycles. The zero-order chi connectivity index (χ0) is 20.5. The van der Waals surface area contributed by atoms with Crippen molar-refractivity contribution in [2.75, 3.05) is 19.8 Å². The molecule has 5 atom stereocenters. The van der Waals surface area contributed by atoms with E-state index in [0.717, 1.165) is 5.56 Å². The molecule has 2 rings (SSSR count). The van der Waals surface area contributed by atoms with Crippen molar-refractivity contribution in [1.29, 1.82) is 0 Å². The van der Waals surface area contributed by atoms with Gasteiger partial charge in [0.05, 0.1) is 13.2 Å². The van der Waals surface area contributed by atoms with Gasteiger partial charge in [-0.15, -0.1) is 0 Å². The summed E-state index contributed by atoms with van der Waals surface area (Å²) < 4.78 is 15.7. The van der Waals surface area contributed by atoms with Crippen LogP contribution in [0.15, 0.2) is 48.6 Å². The number of hydrogen-bond acceptors (Lipinski definition) is 8. The molecule has 1 aromatic rings. The molecule has 0 saturated carbocycles. The number of carbonyl (C=O) groups is 1. The van der Waals surface area contributed by atoms with E-state index in [1.165, 1.54) is 6.08 Å². The number of hydrogen-bond donors (Lipinski definition) is 4. The molecule has 8 heteroatoms. The number of ether oxygens (including phenoxy) is 3. The molecular weight excluding hydrogens is 368 g/mol. The van der Waals surface area contributed by atoms with Crippen molar-refractivity contribution in [2.45, 2.75) is 37.1 Å². The Bertz CT molecular complexity index is 657. The number of rotatable bonds is 9. The largest absolute Gasteiger partial charge is 0.458 e. The van der Waals surface area contributed by atoms with Gasteiger partial charge in [0, 0.05) is 6.08 Å². The van der Waals surface area contributed by atoms with Crippen LogP contribution < -0.4 is 0 Å². The quantitative estimate of drug-likeness (QED) is 0.262. The van der Waals surface area contributed by atoms with E-state index < -0.39 is 43.3 Å². The Morgan fingerprint density at radius 1 is 1.14 bits per heavy atom. The maximum Gasteiger partial charge on any atom is 0.331 e. The van der Waals surface area contributed by atoms with Crippen LogP contribution in [0.5, 0.6) is 0 Å². The van der Waals surface area contributed by atoms with Gasteiger partial charge in [0.15, 0.2) is 6.29 Å². The lowest BCUT2D eigenvalue weighted by molar-refractivity contribution is -0.300. The van der Waals surface area contributed by atoms with Crippen molar-refractivity contribution in [3.63, 3.8) is 0 Å². The van der Waals surface area contributed by atoms with Crippen LogP contribution in [0.3, 0.4) is 0 Å². The van der Waals surface area contributed by atoms with Gasteiger partial charge in [-0.3, -0.25) is 0 Å². The molecule has 1 fully saturated rings. The van der Waals surface area contributed by atoms with E-state index in [-0.39, 0.29) is 13.2 Å². The summed E-state index contributed by atoms with van der Waals surface area (Å²) in [5.74, 6) is -0.500. The van der Waals surface area contributed by atoms with E-state index in [1.807, 2.05) is 30.3 Å². The van der Waals surface area contributed by atoms with E-state index in [9.17, 15) is 20.1 Å². The zero-order valence-corrected chi connectivity index (χ0v) is 15.4. The van der Waals surface area contributed by atoms with Crippen LogP contribution in [0.1, 0.15) is 12.0 Å². The molecule has 28 heavy (non-hydrogen) atoms. The normalized spacial score (nSPS) is 27.6. The lowest BCUT2D eigenvalue weighted by Gasteiger charge is -2.39. The van der Waals surface area contributed by atoms with Crippen molar-refractivity contribution in [3.8, 4) is 0 Å². The third kappa shape index (κ3) is 6.52. The standard InChI is InChI=1S/C20H26O8/c1-13(12-27-16(22)8-7-14-5-3-2-4-6-14)9-10-26-20-19(25)18(24)17(23)15(11-21)28-20/h2-8,15,17-21,23-25H,1,9-12H2/t15-,17-,18+,19-,20-/m1/s1. The highest BCUT2D eigenvalue weighted by Crippen LogP contribution is 2.22. The van der Waals surface area contributed by atoms with Crippen molar-refractivity contribution >= 4 is 12.0 Å². The second-order valence-corrected chi connectivity index (χ2v) is 6.42. The van der Waals surface area contributed by atoms with Crippen molar-refractivity contribution in [3.05, 3.63) is 54.1 Å². The van der Waals surface area contributed by atoms with Gasteiger partial charge in [-0.25, -0.2) is 4.79 Å². The molecule has 0 bridgehead atoms. The van der Waals surface area contributed by atoms with E-state index in [0.29, 0.717) is 12.0 Å². The number of aliphatic hydroxyl groups excluding tert-OH is 4. The van der Waals surface area contributed by atoms with Crippen LogP contribution in [0.25, 0.3) is 6.08 Å². The van der Waals surface area contributed by atoms with E-state index >= 15 is 0 Å². The highest BCUT2D eigenvalue weighted by Gasteiger charge is 2.43. The SMILES string of the molecule is C=C(CCO[C@@H]1O[C@H](CO)[C@@H](O)[C@H](O)[C@H]1O)COC(=O)C=Cc1ccccc1. The van der Waals surface area contributed by atoms with E-state index in [2.05, 4.69) is 6.58 Å². The molecule has 8 nitrogen and oxygen atoms in total. The Morgan fingerprint density at radius 3 is 2.54 bits per heavy atom. The van der Waals surface area contributed by atoms with Crippen molar-refractivity contribution in [1.82, 2.24) is 0 Å². The number of carbonyl (C=O) groups excluding carboxylic acids is 1. The zero-order valence-electron chi connectivity index (χ0n) is 15.4. The third-order valence-corrected chi connectivity index (χ3v) is 4.22. The molecule has 0 amide bonds. The molecule has 0 spiro atoms. The average molecular weight is 394 g/mol. The second-order valence-electron chi connectivity index (χ2n) is 6.42. The Morgan fingerprint density at radius 2 is 1.86 bits per heavy atom. The molecule has 1 heterocycles. The smallest absolute Gasteiger partial charge is 0.331 e. The maximum atomic E-state index is 11.7. The highest BCUT2D eigenvalue weighted by molar-refractivity contribution is 5.87. The van der Waals surface area contributed by atoms with Crippen LogP contribution >= 0.6 is 0 Å². The van der Waals surface area contributed by atoms with Gasteiger partial charge in [0.25, 0.3) is 0 Å². The number of benzene rings is 1. The fourth-order valence-electron chi connectivity index (χ4n) is 2.55. The first-order chi connectivity index (χ1) is 13.4. The molecule has 1 aliphatic heterocycles. The molecule has 0 unspecified atom stereocenters. The topological polar surface area (TPSA) is 126 Å². The van der Waals surface area contributed by atoms with E-state index in [4.69, 9.17) is 19.3 Å². The minimum absolute atomic E-state index is 0.00993. The average Bonchev–Trinajstić information content (AvgIpc) is 2.71.